The minimum Gasteiger partial charge on any atom is -0.394 e. The monoisotopic (exact) mass is 522 g/mol. The summed E-state index contributed by atoms with van der Waals surface area (Å²) in [6.45, 7) is -2.36. The topological polar surface area (TPSA) is 316 Å². The number of hydrogen-bond donors (Lipinski definition) is 13. The van der Waals surface area contributed by atoms with E-state index >= 15 is 0 Å². The first kappa shape index (κ1) is 33.7. The highest BCUT2D eigenvalue weighted by Crippen LogP contribution is 2.23. The molecule has 0 aromatic rings. The van der Waals surface area contributed by atoms with Crippen LogP contribution < -0.4 is 0 Å². The zero-order chi connectivity index (χ0) is 27.5. The number of carbonyl (C=O) groups is 2. The molecule has 0 unspecified atom stereocenters. The zero-order valence-electron chi connectivity index (χ0n) is 18.2. The maximum absolute atomic E-state index is 11.0. The minimum absolute atomic E-state index is 0.0258. The van der Waals surface area contributed by atoms with Gasteiger partial charge in [0.15, 0.2) is 18.9 Å². The maximum Gasteiger partial charge on any atom is 0.187 e. The highest BCUT2D eigenvalue weighted by Gasteiger charge is 2.46. The van der Waals surface area contributed by atoms with Gasteiger partial charge in [0.2, 0.25) is 0 Å². The molecule has 208 valence electrons. The lowest BCUT2D eigenvalue weighted by Gasteiger charge is -2.41. The highest BCUT2D eigenvalue weighted by atomic mass is 16.7. The van der Waals surface area contributed by atoms with Crippen molar-refractivity contribution in [3.63, 3.8) is 0 Å². The van der Waals surface area contributed by atoms with Crippen molar-refractivity contribution < 1.29 is 85.4 Å². The van der Waals surface area contributed by atoms with Crippen LogP contribution in [0, 0.1) is 0 Å². The average Bonchev–Trinajstić information content (AvgIpc) is 2.88. The molecule has 0 bridgehead atoms. The van der Waals surface area contributed by atoms with Crippen LogP contribution in [0.15, 0.2) is 0 Å². The van der Waals surface area contributed by atoms with Gasteiger partial charge in [-0.2, -0.15) is 0 Å². The second kappa shape index (κ2) is 16.5. The first-order valence-electron chi connectivity index (χ1n) is 10.2. The summed E-state index contributed by atoms with van der Waals surface area (Å²) in [7, 11) is 0. The third-order valence-corrected chi connectivity index (χ3v) is 4.96. The molecular formula is C18H34O17. The lowest BCUT2D eigenvalue weighted by molar-refractivity contribution is -0.315. The van der Waals surface area contributed by atoms with E-state index in [9.17, 15) is 40.2 Å². The fourth-order valence-corrected chi connectivity index (χ4v) is 2.68. The number of aliphatic hydroxyl groups is 13. The Kier molecular flexibility index (Phi) is 15.9. The molecule has 1 rings (SSSR count). The van der Waals surface area contributed by atoms with Gasteiger partial charge in [-0.3, -0.25) is 0 Å². The van der Waals surface area contributed by atoms with Crippen molar-refractivity contribution in [3.05, 3.63) is 0 Å². The van der Waals surface area contributed by atoms with Crippen molar-refractivity contribution in [1.82, 2.24) is 0 Å². The van der Waals surface area contributed by atoms with Gasteiger partial charge in [-0.15, -0.1) is 0 Å². The van der Waals surface area contributed by atoms with Crippen LogP contribution in [0.5, 0.6) is 0 Å². The van der Waals surface area contributed by atoms with Crippen LogP contribution >= 0.6 is 0 Å². The van der Waals surface area contributed by atoms with E-state index in [4.69, 9.17) is 45.2 Å². The van der Waals surface area contributed by atoms with Crippen LogP contribution in [0.1, 0.15) is 0 Å². The van der Waals surface area contributed by atoms with Gasteiger partial charge in [0.1, 0.15) is 73.2 Å². The summed E-state index contributed by atoms with van der Waals surface area (Å²) in [5.74, 6) is 0. The first-order chi connectivity index (χ1) is 16.3. The summed E-state index contributed by atoms with van der Waals surface area (Å²) in [6.07, 6.45) is -22.4. The van der Waals surface area contributed by atoms with Crippen molar-refractivity contribution >= 4 is 12.6 Å². The fraction of sp³-hybridized carbons (Fsp3) is 0.889. The SMILES string of the molecule is O=C[C@H](O)[C@@H](O)[C@H](O)[C@H](O)CO.O=C[C@H](O[C@@H]1O[C@H](CO)[C@@H](O)[C@H](O)[C@H]1O)[C@@H](O)[C@H](O)[C@H](O)CO. The number of aliphatic hydroxyl groups excluding tert-OH is 13. The Morgan fingerprint density at radius 2 is 1.17 bits per heavy atom. The maximum atomic E-state index is 11.0. The standard InChI is InChI=1S/C12H22O11.C6H12O6/c13-1-4(16)7(17)8(18)5(2-14)22-12-11(21)10(20)9(19)6(3-15)23-12;7-1-3(9)5(11)6(12)4(10)2-8/h2,4-13,15-21H,1,3H2;1,3-6,8-12H,2H2/t4-,5+,6-,7-,8-,9-,10+,11-,12-;3-,4+,5+,6+/m10/s1. The van der Waals surface area contributed by atoms with Gasteiger partial charge >= 0.3 is 0 Å². The third-order valence-electron chi connectivity index (χ3n) is 4.96. The Bertz CT molecular complexity index is 593. The molecule has 0 aromatic heterocycles. The number of carbonyl (C=O) groups excluding carboxylic acids is 2. The largest absolute Gasteiger partial charge is 0.394 e. The zero-order valence-corrected chi connectivity index (χ0v) is 18.2. The summed E-state index contributed by atoms with van der Waals surface area (Å²) in [4.78, 5) is 20.9. The molecule has 1 saturated heterocycles. The van der Waals surface area contributed by atoms with Gasteiger partial charge in [0.25, 0.3) is 0 Å². The number of rotatable bonds is 13. The van der Waals surface area contributed by atoms with Gasteiger partial charge in [-0.1, -0.05) is 0 Å². The lowest BCUT2D eigenvalue weighted by atomic mass is 9.99. The van der Waals surface area contributed by atoms with E-state index in [0.717, 1.165) is 0 Å². The Hall–Kier alpha value is -1.26. The van der Waals surface area contributed by atoms with Gasteiger partial charge in [-0.05, 0) is 0 Å². The van der Waals surface area contributed by atoms with Crippen LogP contribution in [-0.2, 0) is 19.1 Å². The van der Waals surface area contributed by atoms with Crippen molar-refractivity contribution in [2.45, 2.75) is 79.5 Å². The fourth-order valence-electron chi connectivity index (χ4n) is 2.68. The van der Waals surface area contributed by atoms with Gasteiger partial charge in [-0.25, -0.2) is 0 Å². The summed E-state index contributed by atoms with van der Waals surface area (Å²) in [5, 5.41) is 119. The molecule has 35 heavy (non-hydrogen) atoms. The molecule has 1 aliphatic rings. The average molecular weight is 522 g/mol. The van der Waals surface area contributed by atoms with E-state index in [1.807, 2.05) is 0 Å². The Balaban J connectivity index is 0.000000814. The first-order valence-corrected chi connectivity index (χ1v) is 10.2. The molecule has 1 fully saturated rings. The molecule has 17 nitrogen and oxygen atoms in total. The predicted octanol–water partition coefficient (Wildman–Crippen LogP) is -8.93. The van der Waals surface area contributed by atoms with E-state index in [-0.39, 0.29) is 12.6 Å². The second-order valence-electron chi connectivity index (χ2n) is 7.52. The normalized spacial score (nSPS) is 31.5. The van der Waals surface area contributed by atoms with Crippen molar-refractivity contribution in [2.24, 2.45) is 0 Å². The summed E-state index contributed by atoms with van der Waals surface area (Å²) < 4.78 is 9.94. The molecule has 0 spiro atoms. The Morgan fingerprint density at radius 1 is 0.686 bits per heavy atom. The molecular weight excluding hydrogens is 488 g/mol. The highest BCUT2D eigenvalue weighted by molar-refractivity contribution is 5.57. The second-order valence-corrected chi connectivity index (χ2v) is 7.52. The van der Waals surface area contributed by atoms with E-state index in [1.54, 1.807) is 0 Å². The molecule has 0 aromatic carbocycles. The van der Waals surface area contributed by atoms with Crippen LogP contribution in [0.4, 0.5) is 0 Å². The molecule has 1 aliphatic heterocycles. The summed E-state index contributed by atoms with van der Waals surface area (Å²) >= 11 is 0. The van der Waals surface area contributed by atoms with Gasteiger partial charge in [0.05, 0.1) is 19.8 Å². The molecule has 13 N–H and O–H groups in total. The Morgan fingerprint density at radius 3 is 1.57 bits per heavy atom. The van der Waals surface area contributed by atoms with E-state index in [2.05, 4.69) is 0 Å². The third kappa shape index (κ3) is 9.61. The van der Waals surface area contributed by atoms with Crippen molar-refractivity contribution in [1.29, 1.82) is 0 Å². The van der Waals surface area contributed by atoms with Crippen LogP contribution in [0.3, 0.4) is 0 Å². The van der Waals surface area contributed by atoms with E-state index in [0.29, 0.717) is 0 Å². The van der Waals surface area contributed by atoms with Gasteiger partial charge < -0.3 is 85.4 Å². The summed E-state index contributed by atoms with van der Waals surface area (Å²) in [5.41, 5.74) is 0. The predicted molar refractivity (Wildman–Crippen MR) is 107 cm³/mol. The molecule has 0 radical (unpaired) electrons. The summed E-state index contributed by atoms with van der Waals surface area (Å²) in [6, 6.07) is 0. The van der Waals surface area contributed by atoms with E-state index < -0.39 is 99.4 Å². The van der Waals surface area contributed by atoms with Crippen molar-refractivity contribution in [2.75, 3.05) is 19.8 Å². The molecule has 1 heterocycles. The number of aldehydes is 2. The molecule has 0 saturated carbocycles. The van der Waals surface area contributed by atoms with Crippen molar-refractivity contribution in [3.8, 4) is 0 Å². The van der Waals surface area contributed by atoms with Crippen LogP contribution in [-0.4, -0.2) is 178 Å². The van der Waals surface area contributed by atoms with Crippen LogP contribution in [0.25, 0.3) is 0 Å². The molecule has 0 aliphatic carbocycles. The van der Waals surface area contributed by atoms with E-state index in [1.165, 1.54) is 0 Å². The smallest absolute Gasteiger partial charge is 0.187 e. The number of hydrogen-bond acceptors (Lipinski definition) is 17. The lowest BCUT2D eigenvalue weighted by Crippen LogP contribution is -2.60. The molecule has 13 atom stereocenters. The quantitative estimate of drug-likeness (QED) is 0.0998. The molecule has 17 heteroatoms. The van der Waals surface area contributed by atoms with Crippen LogP contribution in [0.2, 0.25) is 0 Å². The number of ether oxygens (including phenoxy) is 2. The molecule has 0 amide bonds. The minimum atomic E-state index is -1.97. The Labute approximate surface area is 198 Å². The van der Waals surface area contributed by atoms with Gasteiger partial charge in [0, 0.05) is 0 Å².